The van der Waals surface area contributed by atoms with Crippen LogP contribution in [0.4, 0.5) is 0 Å². The SMILES string of the molecule is CN(Cc1csc2ccccc12)C(=O)[C@H]1CCc2nnnn2CC1. The van der Waals surface area contributed by atoms with Gasteiger partial charge in [-0.1, -0.05) is 18.2 Å². The van der Waals surface area contributed by atoms with E-state index in [-0.39, 0.29) is 11.8 Å². The van der Waals surface area contributed by atoms with Crippen LogP contribution in [0.15, 0.2) is 29.6 Å². The van der Waals surface area contributed by atoms with Crippen molar-refractivity contribution in [2.24, 2.45) is 5.92 Å². The number of amides is 1. The maximum Gasteiger partial charge on any atom is 0.225 e. The summed E-state index contributed by atoms with van der Waals surface area (Å²) in [5, 5.41) is 15.1. The van der Waals surface area contributed by atoms with E-state index >= 15 is 0 Å². The number of carbonyl (C=O) groups is 1. The summed E-state index contributed by atoms with van der Waals surface area (Å²) in [4.78, 5) is 14.7. The van der Waals surface area contributed by atoms with E-state index in [9.17, 15) is 4.79 Å². The third-order valence-electron chi connectivity index (χ3n) is 4.71. The van der Waals surface area contributed by atoms with E-state index in [0.717, 1.165) is 25.1 Å². The van der Waals surface area contributed by atoms with Gasteiger partial charge in [0.25, 0.3) is 0 Å². The molecule has 0 saturated carbocycles. The Hall–Kier alpha value is -2.28. The normalized spacial score (nSPS) is 17.5. The average Bonchev–Trinajstić information content (AvgIpc) is 3.17. The second-order valence-corrected chi connectivity index (χ2v) is 7.21. The van der Waals surface area contributed by atoms with Gasteiger partial charge in [-0.05, 0) is 45.7 Å². The molecule has 1 aromatic carbocycles. The van der Waals surface area contributed by atoms with Crippen molar-refractivity contribution in [3.8, 4) is 0 Å². The van der Waals surface area contributed by atoms with Crippen molar-refractivity contribution >= 4 is 27.3 Å². The lowest BCUT2D eigenvalue weighted by Crippen LogP contribution is -2.32. The molecule has 124 valence electrons. The molecule has 1 aliphatic heterocycles. The van der Waals surface area contributed by atoms with Crippen molar-refractivity contribution in [2.45, 2.75) is 32.4 Å². The van der Waals surface area contributed by atoms with Crippen LogP contribution in [0.3, 0.4) is 0 Å². The van der Waals surface area contributed by atoms with E-state index in [4.69, 9.17) is 0 Å². The fourth-order valence-corrected chi connectivity index (χ4v) is 4.30. The van der Waals surface area contributed by atoms with Crippen molar-refractivity contribution in [1.29, 1.82) is 0 Å². The average molecular weight is 341 g/mol. The smallest absolute Gasteiger partial charge is 0.225 e. The summed E-state index contributed by atoms with van der Waals surface area (Å²) in [6.07, 6.45) is 2.37. The molecule has 24 heavy (non-hydrogen) atoms. The number of tetrazole rings is 1. The van der Waals surface area contributed by atoms with Gasteiger partial charge in [0.1, 0.15) is 0 Å². The topological polar surface area (TPSA) is 63.9 Å². The van der Waals surface area contributed by atoms with Crippen molar-refractivity contribution < 1.29 is 4.79 Å². The van der Waals surface area contributed by atoms with Crippen LogP contribution in [0.1, 0.15) is 24.2 Å². The Morgan fingerprint density at radius 1 is 1.38 bits per heavy atom. The molecule has 1 amide bonds. The summed E-state index contributed by atoms with van der Waals surface area (Å²) < 4.78 is 3.09. The highest BCUT2D eigenvalue weighted by Crippen LogP contribution is 2.27. The highest BCUT2D eigenvalue weighted by Gasteiger charge is 2.26. The van der Waals surface area contributed by atoms with Crippen molar-refractivity contribution in [1.82, 2.24) is 25.1 Å². The fraction of sp³-hybridized carbons (Fsp3) is 0.412. The molecule has 0 aliphatic carbocycles. The van der Waals surface area contributed by atoms with Gasteiger partial charge in [0.15, 0.2) is 5.82 Å². The van der Waals surface area contributed by atoms with Crippen molar-refractivity contribution in [2.75, 3.05) is 7.05 Å². The lowest BCUT2D eigenvalue weighted by atomic mass is 9.98. The van der Waals surface area contributed by atoms with E-state index in [1.54, 1.807) is 11.3 Å². The molecule has 1 aliphatic rings. The minimum absolute atomic E-state index is 0.0309. The van der Waals surface area contributed by atoms with Crippen LogP contribution in [0.5, 0.6) is 0 Å². The number of carbonyl (C=O) groups excluding carboxylic acids is 1. The second-order valence-electron chi connectivity index (χ2n) is 6.29. The molecule has 0 radical (unpaired) electrons. The van der Waals surface area contributed by atoms with E-state index in [1.165, 1.54) is 15.6 Å². The molecule has 3 heterocycles. The first-order chi connectivity index (χ1) is 11.7. The molecule has 2 aromatic heterocycles. The van der Waals surface area contributed by atoms with E-state index in [2.05, 4.69) is 39.1 Å². The van der Waals surface area contributed by atoms with Gasteiger partial charge in [-0.2, -0.15) is 0 Å². The molecule has 0 bridgehead atoms. The molecule has 4 rings (SSSR count). The molecule has 1 atom stereocenters. The predicted octanol–water partition coefficient (Wildman–Crippen LogP) is 2.50. The minimum atomic E-state index is 0.0309. The van der Waals surface area contributed by atoms with Crippen LogP contribution in [0.2, 0.25) is 0 Å². The monoisotopic (exact) mass is 341 g/mol. The van der Waals surface area contributed by atoms with Gasteiger partial charge in [0, 0.05) is 37.2 Å². The summed E-state index contributed by atoms with van der Waals surface area (Å²) in [5.74, 6) is 1.13. The molecule has 0 spiro atoms. The zero-order chi connectivity index (χ0) is 16.5. The minimum Gasteiger partial charge on any atom is -0.341 e. The maximum absolute atomic E-state index is 12.8. The number of benzene rings is 1. The molecular weight excluding hydrogens is 322 g/mol. The predicted molar refractivity (Wildman–Crippen MR) is 92.5 cm³/mol. The molecule has 6 nitrogen and oxygen atoms in total. The summed E-state index contributed by atoms with van der Waals surface area (Å²) in [6.45, 7) is 1.37. The quantitative estimate of drug-likeness (QED) is 0.734. The summed E-state index contributed by atoms with van der Waals surface area (Å²) in [6, 6.07) is 8.35. The molecule has 0 unspecified atom stereocenters. The lowest BCUT2D eigenvalue weighted by Gasteiger charge is -2.22. The number of aryl methyl sites for hydroxylation is 2. The Balaban J connectivity index is 1.45. The Labute approximate surface area is 144 Å². The van der Waals surface area contributed by atoms with Crippen LogP contribution in [-0.2, 0) is 24.3 Å². The summed E-state index contributed by atoms with van der Waals surface area (Å²) >= 11 is 1.73. The summed E-state index contributed by atoms with van der Waals surface area (Å²) in [5.41, 5.74) is 1.22. The third kappa shape index (κ3) is 2.80. The first-order valence-electron chi connectivity index (χ1n) is 8.17. The lowest BCUT2D eigenvalue weighted by molar-refractivity contribution is -0.135. The van der Waals surface area contributed by atoms with Crippen molar-refractivity contribution in [3.05, 3.63) is 41.0 Å². The largest absolute Gasteiger partial charge is 0.341 e. The van der Waals surface area contributed by atoms with E-state index in [0.29, 0.717) is 13.1 Å². The number of fused-ring (bicyclic) bond motifs is 2. The van der Waals surface area contributed by atoms with Gasteiger partial charge in [-0.15, -0.1) is 16.4 Å². The molecule has 0 fully saturated rings. The fourth-order valence-electron chi connectivity index (χ4n) is 3.35. The van der Waals surface area contributed by atoms with Gasteiger partial charge < -0.3 is 4.90 Å². The molecule has 3 aromatic rings. The molecule has 7 heteroatoms. The van der Waals surface area contributed by atoms with Crippen LogP contribution in [0, 0.1) is 5.92 Å². The first kappa shape index (κ1) is 15.3. The highest BCUT2D eigenvalue weighted by atomic mass is 32.1. The van der Waals surface area contributed by atoms with Gasteiger partial charge in [-0.3, -0.25) is 4.79 Å². The Bertz CT molecular complexity index is 848. The first-order valence-corrected chi connectivity index (χ1v) is 9.05. The van der Waals surface area contributed by atoms with Crippen LogP contribution >= 0.6 is 11.3 Å². The summed E-state index contributed by atoms with van der Waals surface area (Å²) in [7, 11) is 1.90. The number of hydrogen-bond donors (Lipinski definition) is 0. The third-order valence-corrected chi connectivity index (χ3v) is 5.72. The van der Waals surface area contributed by atoms with Crippen LogP contribution < -0.4 is 0 Å². The van der Waals surface area contributed by atoms with E-state index in [1.807, 2.05) is 22.7 Å². The number of thiophene rings is 1. The highest BCUT2D eigenvalue weighted by molar-refractivity contribution is 7.17. The Morgan fingerprint density at radius 2 is 2.25 bits per heavy atom. The van der Waals surface area contributed by atoms with E-state index < -0.39 is 0 Å². The van der Waals surface area contributed by atoms with Gasteiger partial charge in [0.05, 0.1) is 0 Å². The number of hydrogen-bond acceptors (Lipinski definition) is 5. The molecular formula is C17H19N5OS. The number of rotatable bonds is 3. The second kappa shape index (κ2) is 6.32. The molecule has 0 N–H and O–H groups in total. The molecule has 0 saturated heterocycles. The van der Waals surface area contributed by atoms with Gasteiger partial charge >= 0.3 is 0 Å². The Kier molecular flexibility index (Phi) is 4.02. The zero-order valence-electron chi connectivity index (χ0n) is 13.6. The zero-order valence-corrected chi connectivity index (χ0v) is 14.4. The number of aromatic nitrogens is 4. The standard InChI is InChI=1S/C17H19N5OS/c1-21(10-13-11-24-15-5-3-2-4-14(13)15)17(23)12-6-7-16-18-19-20-22(16)9-8-12/h2-5,11-12H,6-10H2,1H3/t12-/m0/s1. The van der Waals surface area contributed by atoms with Gasteiger partial charge in [0.2, 0.25) is 5.91 Å². The van der Waals surface area contributed by atoms with Crippen molar-refractivity contribution in [3.63, 3.8) is 0 Å². The van der Waals surface area contributed by atoms with Crippen LogP contribution in [0.25, 0.3) is 10.1 Å². The maximum atomic E-state index is 12.8. The number of nitrogens with zero attached hydrogens (tertiary/aromatic N) is 5. The van der Waals surface area contributed by atoms with Gasteiger partial charge in [-0.25, -0.2) is 4.68 Å². The van der Waals surface area contributed by atoms with Crippen LogP contribution in [-0.4, -0.2) is 38.1 Å². The Morgan fingerprint density at radius 3 is 3.17 bits per heavy atom.